The van der Waals surface area contributed by atoms with Crippen molar-refractivity contribution in [3.05, 3.63) is 87.8 Å². The number of fused-ring (bicyclic) bond motifs is 16. The first-order chi connectivity index (χ1) is 27.4. The van der Waals surface area contributed by atoms with Crippen LogP contribution in [0.5, 0.6) is 0 Å². The third-order valence-corrected chi connectivity index (χ3v) is 23.2. The minimum absolute atomic E-state index is 0.558. The van der Waals surface area contributed by atoms with Gasteiger partial charge in [0.05, 0.1) is 43.2 Å². The second kappa shape index (κ2) is 16.5. The third kappa shape index (κ3) is 6.49. The van der Waals surface area contributed by atoms with E-state index in [0.717, 1.165) is 193 Å². The minimum atomic E-state index is -1.43. The number of rotatable bonds is 0. The van der Waals surface area contributed by atoms with Gasteiger partial charge in [-0.3, -0.25) is 0 Å². The molecular weight excluding hydrogens is 769 g/mol. The van der Waals surface area contributed by atoms with Gasteiger partial charge in [-0.15, -0.1) is 0 Å². The molecule has 5 aliphatic heterocycles. The van der Waals surface area contributed by atoms with Crippen LogP contribution in [0, 0.1) is 21.7 Å². The van der Waals surface area contributed by atoms with Gasteiger partial charge in [-0.1, -0.05) is 128 Å². The summed E-state index contributed by atoms with van der Waals surface area (Å²) in [4.78, 5) is 7.60. The summed E-state index contributed by atoms with van der Waals surface area (Å²) in [5, 5.41) is 0. The van der Waals surface area contributed by atoms with Gasteiger partial charge >= 0.3 is 0 Å². The Kier molecular flexibility index (Phi) is 11.8. The van der Waals surface area contributed by atoms with Crippen molar-refractivity contribution in [1.29, 1.82) is 0 Å². The molecule has 56 heavy (non-hydrogen) atoms. The highest BCUT2D eigenvalue weighted by Gasteiger charge is 2.57. The van der Waals surface area contributed by atoms with Crippen molar-refractivity contribution in [3.63, 3.8) is 0 Å². The molecule has 4 aliphatic carbocycles. The summed E-state index contributed by atoms with van der Waals surface area (Å²) in [5.41, 5.74) is -2.23. The zero-order chi connectivity index (χ0) is 38.4. The highest BCUT2D eigenvalue weighted by molar-refractivity contribution is 7.96. The molecule has 0 aromatic heterocycles. The predicted molar refractivity (Wildman–Crippen MR) is 236 cm³/mol. The molecule has 0 radical (unpaired) electrons. The largest absolute Gasteiger partial charge is 0.250 e. The van der Waals surface area contributed by atoms with Crippen LogP contribution in [-0.2, 0) is 43.2 Å². The molecule has 5 fully saturated rings. The predicted octanol–water partition coefficient (Wildman–Crippen LogP) is 13.0. The first kappa shape index (κ1) is 40.0. The lowest BCUT2D eigenvalue weighted by atomic mass is 9.73. The molecule has 8 heteroatoms. The van der Waals surface area contributed by atoms with Crippen molar-refractivity contribution in [2.45, 2.75) is 180 Å². The molecule has 4 spiro atoms. The number of hydrogen-bond donors (Lipinski definition) is 0. The Bertz CT molecular complexity index is 1560. The molecule has 4 nitrogen and oxygen atoms in total. The fourth-order valence-corrected chi connectivity index (χ4v) is 20.9. The molecule has 0 atom stereocenters. The third-order valence-electron chi connectivity index (χ3n) is 15.7. The maximum absolute atomic E-state index is 15.8. The first-order valence-corrected chi connectivity index (χ1v) is 27.4. The maximum atomic E-state index is 15.8. The highest BCUT2D eigenvalue weighted by Crippen LogP contribution is 2.64. The van der Waals surface area contributed by atoms with Crippen LogP contribution in [0.2, 0.25) is 0 Å². The summed E-state index contributed by atoms with van der Waals surface area (Å²) in [7, 11) is -5.70. The summed E-state index contributed by atoms with van der Waals surface area (Å²) < 4.78 is 63.0. The van der Waals surface area contributed by atoms with Gasteiger partial charge in [-0.05, 0) is 100.0 Å². The SMILES string of the molecule is O=S1C2=CC=C1C1(CCCCCCC1)C1=CC=C(S1=O)C1(CCCCCCC1)C1=CC=C(S1=O)C1(CCCCCCC1)C1=CC=C(S1=O)C21CCCCCCC1. The summed E-state index contributed by atoms with van der Waals surface area (Å²) >= 11 is 0. The monoisotopic (exact) mass is 832 g/mol. The summed E-state index contributed by atoms with van der Waals surface area (Å²) in [6.07, 6.45) is 46.6. The lowest BCUT2D eigenvalue weighted by Gasteiger charge is -2.44. The normalized spacial score (nSPS) is 34.1. The van der Waals surface area contributed by atoms with E-state index in [4.69, 9.17) is 0 Å². The number of allylic oxidation sites excluding steroid dienone is 16. The Balaban J connectivity index is 1.24. The smallest absolute Gasteiger partial charge is 0.0785 e. The van der Waals surface area contributed by atoms with Crippen LogP contribution in [0.25, 0.3) is 0 Å². The van der Waals surface area contributed by atoms with E-state index in [-0.39, 0.29) is 0 Å². The second-order valence-electron chi connectivity index (χ2n) is 18.7. The van der Waals surface area contributed by atoms with Crippen molar-refractivity contribution in [2.24, 2.45) is 21.7 Å². The molecule has 8 bridgehead atoms. The average molecular weight is 833 g/mol. The van der Waals surface area contributed by atoms with Crippen LogP contribution in [0.3, 0.4) is 0 Å². The van der Waals surface area contributed by atoms with E-state index in [1.165, 1.54) is 25.7 Å². The molecule has 0 amide bonds. The zero-order valence-electron chi connectivity index (χ0n) is 33.7. The van der Waals surface area contributed by atoms with Gasteiger partial charge in [0.15, 0.2) is 0 Å². The van der Waals surface area contributed by atoms with Gasteiger partial charge in [-0.25, -0.2) is 16.8 Å². The van der Waals surface area contributed by atoms with Crippen LogP contribution < -0.4 is 0 Å². The van der Waals surface area contributed by atoms with Gasteiger partial charge in [0.1, 0.15) is 0 Å². The van der Waals surface area contributed by atoms with Gasteiger partial charge < -0.3 is 0 Å². The average Bonchev–Trinajstić information content (AvgIpc) is 3.93. The molecule has 4 saturated carbocycles. The molecular formula is C48H64O4S4. The fourth-order valence-electron chi connectivity index (χ4n) is 12.8. The van der Waals surface area contributed by atoms with E-state index < -0.39 is 64.9 Å². The minimum Gasteiger partial charge on any atom is -0.250 e. The van der Waals surface area contributed by atoms with E-state index in [2.05, 4.69) is 48.6 Å². The lowest BCUT2D eigenvalue weighted by molar-refractivity contribution is 0.327. The Morgan fingerprint density at radius 1 is 0.232 bits per heavy atom. The molecule has 1 saturated heterocycles. The molecule has 0 aromatic rings. The summed E-state index contributed by atoms with van der Waals surface area (Å²) in [6, 6.07) is 0. The molecule has 0 aromatic carbocycles. The van der Waals surface area contributed by atoms with Crippen LogP contribution in [0.15, 0.2) is 87.8 Å². The van der Waals surface area contributed by atoms with E-state index >= 15 is 16.8 Å². The standard InChI is InChI=1S/C48H64O4S4/c49-53-37-21-23-39(53)46(31-15-7-2-8-16-32-46)41-25-27-43(55(41)51)48(35-19-11-4-12-20-36-48)44-28-26-42(56(44)52)47(33-17-9-3-10-18-34-47)40-24-22-38(54(40)50)45(37)29-13-5-1-6-14-30-45/h21-28H,1-20,29-36H2. The molecule has 9 aliphatic rings. The van der Waals surface area contributed by atoms with Crippen LogP contribution in [0.1, 0.15) is 180 Å². The summed E-state index contributed by atoms with van der Waals surface area (Å²) in [6.45, 7) is 0. The Labute approximate surface area is 347 Å². The van der Waals surface area contributed by atoms with Crippen molar-refractivity contribution < 1.29 is 16.8 Å². The van der Waals surface area contributed by atoms with Crippen LogP contribution in [-0.4, -0.2) is 16.8 Å². The molecule has 5 heterocycles. The molecule has 0 unspecified atom stereocenters. The van der Waals surface area contributed by atoms with Gasteiger partial charge in [0.2, 0.25) is 0 Å². The zero-order valence-corrected chi connectivity index (χ0v) is 36.9. The first-order valence-electron chi connectivity index (χ1n) is 22.8. The second-order valence-corrected chi connectivity index (χ2v) is 24.4. The van der Waals surface area contributed by atoms with Gasteiger partial charge in [0.25, 0.3) is 0 Å². The Morgan fingerprint density at radius 3 is 0.500 bits per heavy atom. The maximum Gasteiger partial charge on any atom is 0.0785 e. The molecule has 9 rings (SSSR count). The van der Waals surface area contributed by atoms with Gasteiger partial charge in [0, 0.05) is 60.9 Å². The fraction of sp³-hybridized carbons (Fsp3) is 0.667. The van der Waals surface area contributed by atoms with E-state index in [1.54, 1.807) is 0 Å². The summed E-state index contributed by atoms with van der Waals surface area (Å²) in [5.74, 6) is 0. The molecule has 0 N–H and O–H groups in total. The van der Waals surface area contributed by atoms with Crippen LogP contribution >= 0.6 is 0 Å². The van der Waals surface area contributed by atoms with Crippen LogP contribution in [0.4, 0.5) is 0 Å². The topological polar surface area (TPSA) is 68.3 Å². The van der Waals surface area contributed by atoms with Crippen molar-refractivity contribution in [3.8, 4) is 0 Å². The van der Waals surface area contributed by atoms with E-state index in [1.807, 2.05) is 0 Å². The Hall–Kier alpha value is -1.48. The van der Waals surface area contributed by atoms with Gasteiger partial charge in [-0.2, -0.15) is 0 Å². The lowest BCUT2D eigenvalue weighted by Crippen LogP contribution is -2.37. The highest BCUT2D eigenvalue weighted by atomic mass is 32.2. The quantitative estimate of drug-likeness (QED) is 0.244. The van der Waals surface area contributed by atoms with Crippen molar-refractivity contribution in [2.75, 3.05) is 0 Å². The van der Waals surface area contributed by atoms with E-state index in [9.17, 15) is 0 Å². The molecule has 304 valence electrons. The van der Waals surface area contributed by atoms with E-state index in [0.29, 0.717) is 0 Å². The van der Waals surface area contributed by atoms with Crippen molar-refractivity contribution >= 4 is 43.2 Å². The Morgan fingerprint density at radius 2 is 0.357 bits per heavy atom. The number of hydrogen-bond acceptors (Lipinski definition) is 4. The van der Waals surface area contributed by atoms with Crippen molar-refractivity contribution in [1.82, 2.24) is 0 Å².